The first-order valence-electron chi connectivity index (χ1n) is 3.97. The average Bonchev–Trinajstić information content (AvgIpc) is 1.84. The predicted octanol–water partition coefficient (Wildman–Crippen LogP) is 0.430. The van der Waals surface area contributed by atoms with Gasteiger partial charge in [0, 0.05) is 0 Å². The zero-order valence-electron chi connectivity index (χ0n) is 8.78. The molecule has 0 rings (SSSR count). The number of hydrogen-bond acceptors (Lipinski definition) is 3. The Kier molecular flexibility index (Phi) is 7.11. The Hall–Kier alpha value is -0.390. The smallest absolute Gasteiger partial charge is 0.0982 e. The molecule has 0 bridgehead atoms. The molecule has 0 saturated heterocycles. The summed E-state index contributed by atoms with van der Waals surface area (Å²) in [5, 5.41) is 0. The Morgan fingerprint density at radius 1 is 1.38 bits per heavy atom. The number of rotatable bonds is 3. The van der Waals surface area contributed by atoms with Gasteiger partial charge in [0.1, 0.15) is 0 Å². The minimum atomic E-state index is -4.04. The van der Waals surface area contributed by atoms with Gasteiger partial charge in [-0.2, -0.15) is 0 Å². The van der Waals surface area contributed by atoms with Gasteiger partial charge < -0.3 is 9.04 Å². The van der Waals surface area contributed by atoms with Crippen molar-refractivity contribution in [3.05, 3.63) is 12.7 Å². The molecule has 5 heteroatoms. The summed E-state index contributed by atoms with van der Waals surface area (Å²) < 4.78 is 29.9. The molecule has 0 atom stereocenters. The van der Waals surface area contributed by atoms with Crippen molar-refractivity contribution in [1.82, 2.24) is 0 Å². The minimum Gasteiger partial charge on any atom is -0.748 e. The van der Waals surface area contributed by atoms with Gasteiger partial charge in [0.05, 0.1) is 43.6 Å². The highest BCUT2D eigenvalue weighted by atomic mass is 32.2. The van der Waals surface area contributed by atoms with Crippen LogP contribution in [0.15, 0.2) is 12.7 Å². The van der Waals surface area contributed by atoms with Crippen molar-refractivity contribution >= 4 is 10.1 Å². The van der Waals surface area contributed by atoms with Gasteiger partial charge in [-0.3, -0.25) is 0 Å². The van der Waals surface area contributed by atoms with Crippen LogP contribution in [-0.4, -0.2) is 50.9 Å². The van der Waals surface area contributed by atoms with E-state index >= 15 is 0 Å². The fourth-order valence-electron chi connectivity index (χ4n) is 0.144. The predicted molar refractivity (Wildman–Crippen MR) is 53.3 cm³/mol. The highest BCUT2D eigenvalue weighted by molar-refractivity contribution is 7.85. The van der Waals surface area contributed by atoms with Gasteiger partial charge in [-0.25, -0.2) is 8.42 Å². The molecule has 0 aromatic rings. The number of hydrogen-bond donors (Lipinski definition) is 0. The Bertz CT molecular complexity index is 226. The molecule has 0 aliphatic rings. The Morgan fingerprint density at radius 2 is 1.69 bits per heavy atom. The lowest BCUT2D eigenvalue weighted by atomic mass is 10.6. The molecule has 0 fully saturated rings. The summed E-state index contributed by atoms with van der Waals surface area (Å²) >= 11 is 0. The highest BCUT2D eigenvalue weighted by Crippen LogP contribution is 1.83. The van der Waals surface area contributed by atoms with E-state index in [-0.39, 0.29) is 0 Å². The lowest BCUT2D eigenvalue weighted by Gasteiger charge is -2.20. The zero-order chi connectivity index (χ0) is 11.1. The average molecular weight is 209 g/mol. The molecule has 0 amide bonds. The van der Waals surface area contributed by atoms with E-state index in [0.29, 0.717) is 0 Å². The maximum Gasteiger partial charge on any atom is 0.0982 e. The molecule has 4 nitrogen and oxygen atoms in total. The third-order valence-corrected chi connectivity index (χ3v) is 1.91. The second-order valence-electron chi connectivity index (χ2n) is 3.62. The SMILES string of the molecule is C=CCS(=O)(=O)[O-].CC[N+](C)(C)C. The highest BCUT2D eigenvalue weighted by Gasteiger charge is 1.97. The summed E-state index contributed by atoms with van der Waals surface area (Å²) in [7, 11) is 2.50. The first kappa shape index (κ1) is 15.1. The van der Waals surface area contributed by atoms with Gasteiger partial charge >= 0.3 is 0 Å². The van der Waals surface area contributed by atoms with E-state index in [1.165, 1.54) is 6.54 Å². The van der Waals surface area contributed by atoms with Crippen LogP contribution in [-0.2, 0) is 10.1 Å². The Morgan fingerprint density at radius 3 is 1.69 bits per heavy atom. The number of nitrogens with zero attached hydrogens (tertiary/aromatic N) is 1. The van der Waals surface area contributed by atoms with E-state index in [2.05, 4.69) is 34.6 Å². The van der Waals surface area contributed by atoms with Gasteiger partial charge in [0.15, 0.2) is 0 Å². The van der Waals surface area contributed by atoms with Crippen molar-refractivity contribution in [3.8, 4) is 0 Å². The topological polar surface area (TPSA) is 57.2 Å². The van der Waals surface area contributed by atoms with Crippen LogP contribution in [0.4, 0.5) is 0 Å². The third-order valence-electron chi connectivity index (χ3n) is 1.27. The van der Waals surface area contributed by atoms with Crippen molar-refractivity contribution in [1.29, 1.82) is 0 Å². The van der Waals surface area contributed by atoms with E-state index in [9.17, 15) is 13.0 Å². The molecule has 0 aromatic heterocycles. The lowest BCUT2D eigenvalue weighted by Crippen LogP contribution is -2.33. The molecule has 0 spiro atoms. The summed E-state index contributed by atoms with van der Waals surface area (Å²) in [5.41, 5.74) is 0. The number of quaternary nitrogens is 1. The van der Waals surface area contributed by atoms with E-state index in [1.54, 1.807) is 0 Å². The summed E-state index contributed by atoms with van der Waals surface area (Å²) in [4.78, 5) is 0. The molecule has 0 heterocycles. The van der Waals surface area contributed by atoms with E-state index in [4.69, 9.17) is 0 Å². The van der Waals surface area contributed by atoms with Crippen LogP contribution >= 0.6 is 0 Å². The van der Waals surface area contributed by atoms with Crippen LogP contribution in [0.3, 0.4) is 0 Å². The molecule has 0 aromatic carbocycles. The van der Waals surface area contributed by atoms with Crippen molar-refractivity contribution in [2.75, 3.05) is 33.4 Å². The third kappa shape index (κ3) is 24.5. The lowest BCUT2D eigenvalue weighted by molar-refractivity contribution is -0.868. The summed E-state index contributed by atoms with van der Waals surface area (Å²) in [5.74, 6) is -0.479. The molecule has 0 radical (unpaired) electrons. The summed E-state index contributed by atoms with van der Waals surface area (Å²) in [6, 6.07) is 0. The maximum atomic E-state index is 9.60. The molecule has 0 saturated carbocycles. The first-order valence-corrected chi connectivity index (χ1v) is 5.55. The molecule has 13 heavy (non-hydrogen) atoms. The van der Waals surface area contributed by atoms with Crippen LogP contribution in [0.2, 0.25) is 0 Å². The van der Waals surface area contributed by atoms with Crippen LogP contribution in [0.1, 0.15) is 6.92 Å². The fraction of sp³-hybridized carbons (Fsp3) is 0.750. The molecule has 0 unspecified atom stereocenters. The van der Waals surface area contributed by atoms with Gasteiger partial charge in [-0.1, -0.05) is 6.08 Å². The monoisotopic (exact) mass is 209 g/mol. The van der Waals surface area contributed by atoms with E-state index in [0.717, 1.165) is 10.6 Å². The molecular weight excluding hydrogens is 190 g/mol. The molecular formula is C8H19NO3S. The summed E-state index contributed by atoms with van der Waals surface area (Å²) in [6.45, 7) is 6.46. The first-order chi connectivity index (χ1) is 5.62. The summed E-state index contributed by atoms with van der Waals surface area (Å²) in [6.07, 6.45) is 1.06. The van der Waals surface area contributed by atoms with Crippen LogP contribution in [0, 0.1) is 0 Å². The second-order valence-corrected chi connectivity index (χ2v) is 5.07. The van der Waals surface area contributed by atoms with Gasteiger partial charge in [0.2, 0.25) is 0 Å². The van der Waals surface area contributed by atoms with E-state index in [1.807, 2.05) is 0 Å². The van der Waals surface area contributed by atoms with Crippen LogP contribution < -0.4 is 0 Å². The standard InChI is InChI=1S/C5H14N.C3H6O3S/c1-5-6(2,3)4;1-2-3-7(4,5)6/h5H2,1-4H3;2H,1,3H2,(H,4,5,6)/q+1;/p-1. The van der Waals surface area contributed by atoms with Crippen molar-refractivity contribution in [2.45, 2.75) is 6.92 Å². The molecule has 0 N–H and O–H groups in total. The Labute approximate surface area is 81.2 Å². The molecule has 80 valence electrons. The minimum absolute atomic E-state index is 0.479. The van der Waals surface area contributed by atoms with Crippen LogP contribution in [0.25, 0.3) is 0 Å². The second kappa shape index (κ2) is 6.12. The van der Waals surface area contributed by atoms with Gasteiger partial charge in [-0.15, -0.1) is 6.58 Å². The van der Waals surface area contributed by atoms with Crippen molar-refractivity contribution < 1.29 is 17.5 Å². The normalized spacial score (nSPS) is 11.5. The molecule has 0 aliphatic heterocycles. The van der Waals surface area contributed by atoms with Gasteiger partial charge in [-0.05, 0) is 6.92 Å². The van der Waals surface area contributed by atoms with Crippen LogP contribution in [0.5, 0.6) is 0 Å². The molecule has 0 aliphatic carbocycles. The Balaban J connectivity index is 0. The van der Waals surface area contributed by atoms with E-state index < -0.39 is 15.9 Å². The van der Waals surface area contributed by atoms with Crippen molar-refractivity contribution in [3.63, 3.8) is 0 Å². The van der Waals surface area contributed by atoms with Crippen molar-refractivity contribution in [2.24, 2.45) is 0 Å². The largest absolute Gasteiger partial charge is 0.748 e. The zero-order valence-corrected chi connectivity index (χ0v) is 9.60. The quantitative estimate of drug-likeness (QED) is 0.385. The van der Waals surface area contributed by atoms with Gasteiger partial charge in [0.25, 0.3) is 0 Å². The fourth-order valence-corrected chi connectivity index (χ4v) is 0.433. The maximum absolute atomic E-state index is 9.60.